The molecule has 0 saturated heterocycles. The molecule has 0 atom stereocenters. The lowest BCUT2D eigenvalue weighted by molar-refractivity contribution is 0.256. The highest BCUT2D eigenvalue weighted by Crippen LogP contribution is 2.26. The zero-order valence-electron chi connectivity index (χ0n) is 76.3. The van der Waals surface area contributed by atoms with Gasteiger partial charge in [0.15, 0.2) is 39.0 Å². The molecule has 15 rings (SSSR count). The Morgan fingerprint density at radius 2 is 0.526 bits per heavy atom. The predicted octanol–water partition coefficient (Wildman–Crippen LogP) is 15.0. The molecule has 0 bridgehead atoms. The van der Waals surface area contributed by atoms with E-state index in [9.17, 15) is 0 Å². The van der Waals surface area contributed by atoms with Gasteiger partial charge in [0.1, 0.15) is 60.1 Å². The number of thioether (sulfide) groups is 2. The van der Waals surface area contributed by atoms with Gasteiger partial charge in [-0.1, -0.05) is 55.0 Å². The second-order valence-corrected chi connectivity index (χ2v) is 37.5. The molecule has 0 unspecified atom stereocenters. The van der Waals surface area contributed by atoms with Crippen LogP contribution < -0.4 is 0 Å². The lowest BCUT2D eigenvalue weighted by atomic mass is 10.1. The van der Waals surface area contributed by atoms with Crippen molar-refractivity contribution in [2.24, 2.45) is 0 Å². The van der Waals surface area contributed by atoms with Crippen molar-refractivity contribution >= 4 is 123 Å². The molecule has 46 nitrogen and oxygen atoms in total. The second-order valence-electron chi connectivity index (χ2n) is 27.8. The minimum Gasteiger partial charge on any atom is -0.474 e. The van der Waals surface area contributed by atoms with Gasteiger partial charge >= 0.3 is 0 Å². The smallest absolute Gasteiger partial charge is 0.253 e. The highest BCUT2D eigenvalue weighted by atomic mass is 32.2. The Bertz CT molecular complexity index is 5660. The first-order chi connectivity index (χ1) is 65.7. The molecule has 14 aromatic heterocycles. The minimum absolute atomic E-state index is 0.124. The van der Waals surface area contributed by atoms with E-state index >= 15 is 0 Å². The second kappa shape index (κ2) is 66.1. The Kier molecular flexibility index (Phi) is 53.6. The van der Waals surface area contributed by atoms with Gasteiger partial charge in [0, 0.05) is 130 Å². The first-order valence-electron chi connectivity index (χ1n) is 42.5. The third-order valence-electron chi connectivity index (χ3n) is 16.8. The van der Waals surface area contributed by atoms with Crippen LogP contribution in [0.4, 0.5) is 0 Å². The number of isocyanates is 2. The van der Waals surface area contributed by atoms with Crippen molar-refractivity contribution in [1.82, 2.24) is 143 Å². The zero-order valence-corrected chi connectivity index (χ0v) is 82.9. The number of aromatic nitrogens is 28. The van der Waals surface area contributed by atoms with Crippen molar-refractivity contribution in [3.8, 4) is 10.6 Å². The molecule has 14 heterocycles. The molecule has 0 aliphatic heterocycles. The standard InChI is InChI=1S/C15H16N4S2.C12H17N5O3.C11H15N5O3.C11H16N4S3.C10H13N5O3.C10H14N4O2.C10H14N4S3.2CHNO/c1-11-16-17-13(20-11)9-5-6-10-14-18-19-15(21-14)12-7-3-2-4-8-12;1-9-14-15-10(19-9)5-3-2-4-6-11-16-17-12(20-11)7-18-8-13;1-8-13-14-9(18-8)4-2-3-5-10-15-16-11(19-10)6-17-7-12;1-3-9-13-15-11(18-9)5-7-16-6-4-10-14-12-8(2)17-10;1-7-12-13-8(17-7)3-2-4-9-14-15-10(18-9)5-16-6-11;1-7-11-13-9(15-7)5-3-4-6-10-14-12-8(2)16-10;1-7-11-13-9(16-7)3-5-15-6-4-10-14-12-8(2)17-10;2*2-1-3/h2-4,7-8H,5-6,9-10H2,1H3;8,13H,2-7H2,1H3;7,12H,2-6H2,1H3;3-7H2,1-2H3;6,11H,2-5H2,1H3;3-6H2,1-2H3;3-6H2,1-2H3;2*2H. The molecule has 0 spiro atoms. The van der Waals surface area contributed by atoms with Crippen molar-refractivity contribution in [2.75, 3.05) is 23.0 Å². The monoisotopic (exact) mass is 2010 g/mol. The largest absolute Gasteiger partial charge is 0.474 e. The number of nitrogens with zero attached hydrogens (tertiary/aromatic N) is 28. The number of hydrogen-bond acceptors (Lipinski definition) is 54. The van der Waals surface area contributed by atoms with Crippen LogP contribution in [0.2, 0.25) is 0 Å². The average molecular weight is 2010 g/mol. The van der Waals surface area contributed by atoms with Crippen molar-refractivity contribution < 1.29 is 59.1 Å². The summed E-state index contributed by atoms with van der Waals surface area (Å²) in [4.78, 5) is 16.7. The van der Waals surface area contributed by atoms with Gasteiger partial charge < -0.3 is 49.5 Å². The molecule has 54 heteroatoms. The number of rotatable bonds is 48. The third kappa shape index (κ3) is 47.9. The van der Waals surface area contributed by atoms with Gasteiger partial charge in [-0.2, -0.15) is 23.5 Å². The van der Waals surface area contributed by atoms with Crippen molar-refractivity contribution in [3.63, 3.8) is 0 Å². The summed E-state index contributed by atoms with van der Waals surface area (Å²) < 4.78 is 56.6. The summed E-state index contributed by atoms with van der Waals surface area (Å²) >= 11 is 14.1. The average Bonchev–Trinajstić information content (AvgIpc) is 1.73. The molecular weight excluding hydrogens is 1900 g/mol. The number of ether oxygens (including phenoxy) is 3. The molecule has 0 saturated carbocycles. The normalized spacial score (nSPS) is 10.4. The van der Waals surface area contributed by atoms with Crippen LogP contribution in [-0.2, 0) is 140 Å². The quantitative estimate of drug-likeness (QED) is 0.0102. The maximum Gasteiger partial charge on any atom is 0.253 e. The first-order valence-corrected chi connectivity index (χ1v) is 49.7. The fraction of sp³-hybridized carbons (Fsp3) is 0.519. The number of benzene rings is 1. The van der Waals surface area contributed by atoms with Gasteiger partial charge in [0.25, 0.3) is 17.7 Å². The summed E-state index contributed by atoms with van der Waals surface area (Å²) in [5, 5.41) is 155. The van der Waals surface area contributed by atoms with Gasteiger partial charge in [0.05, 0.1) is 0 Å². The summed E-state index contributed by atoms with van der Waals surface area (Å²) in [5.41, 5.74) is 1.14. The van der Waals surface area contributed by atoms with Crippen LogP contribution in [0.5, 0.6) is 0 Å². The zero-order chi connectivity index (χ0) is 96.7. The Balaban J connectivity index is 0.000000213. The molecule has 722 valence electrons. The van der Waals surface area contributed by atoms with E-state index in [-0.39, 0.29) is 19.8 Å². The minimum atomic E-state index is 0.124. The first kappa shape index (κ1) is 110. The van der Waals surface area contributed by atoms with Gasteiger partial charge in [-0.25, -0.2) is 20.4 Å². The number of aryl methyl sites for hydroxylation is 24. The van der Waals surface area contributed by atoms with Gasteiger partial charge in [0.2, 0.25) is 88.7 Å². The van der Waals surface area contributed by atoms with Crippen LogP contribution in [0.1, 0.15) is 220 Å². The SMILES string of the molecule is CCc1nnc(CCSCCc2nnc(C)s2)s1.Cc1nnc(CCCCCc2nnc(COC=N)o2)o1.Cc1nnc(CCCCc2nnc(-c3ccccc3)s2)s1.Cc1nnc(CCCCc2nnc(C)o2)o1.Cc1nnc(CCCCc2nnc(COC=N)o2)o1.Cc1nnc(CCCc2nnc(COC=N)o2)o1.Cc1nnc(CCSCCc2nnc(C)s2)s1.N=C=O.N=C=O. The maximum atomic E-state index is 8.35. The van der Waals surface area contributed by atoms with Gasteiger partial charge in [-0.15, -0.1) is 199 Å². The van der Waals surface area contributed by atoms with E-state index in [2.05, 4.69) is 162 Å². The maximum absolute atomic E-state index is 8.35. The molecule has 0 radical (unpaired) electrons. The summed E-state index contributed by atoms with van der Waals surface area (Å²) in [6.07, 6.45) is 26.7. The molecule has 15 aromatic rings. The van der Waals surface area contributed by atoms with Crippen LogP contribution in [0, 0.1) is 89.4 Å². The van der Waals surface area contributed by atoms with E-state index in [0.717, 1.165) is 261 Å². The lowest BCUT2D eigenvalue weighted by Gasteiger charge is -1.97. The summed E-state index contributed by atoms with van der Waals surface area (Å²) in [6, 6.07) is 10.2. The van der Waals surface area contributed by atoms with Crippen molar-refractivity contribution in [3.05, 3.63) is 180 Å². The van der Waals surface area contributed by atoms with Crippen LogP contribution >= 0.6 is 91.5 Å². The fourth-order valence-electron chi connectivity index (χ4n) is 10.8. The van der Waals surface area contributed by atoms with E-state index in [1.165, 1.54) is 0 Å². The van der Waals surface area contributed by atoms with E-state index in [0.29, 0.717) is 114 Å². The Morgan fingerprint density at radius 3 is 0.807 bits per heavy atom. The molecule has 0 amide bonds. The van der Waals surface area contributed by atoms with Gasteiger partial charge in [-0.05, 0) is 115 Å². The Hall–Kier alpha value is -12.4. The lowest BCUT2D eigenvalue weighted by Crippen LogP contribution is -1.92. The van der Waals surface area contributed by atoms with E-state index in [1.807, 2.05) is 69.4 Å². The molecular formula is C81H107N33O13S8. The van der Waals surface area contributed by atoms with Crippen LogP contribution in [0.3, 0.4) is 0 Å². The third-order valence-corrected chi connectivity index (χ3v) is 24.5. The van der Waals surface area contributed by atoms with Gasteiger partial charge in [-0.3, -0.25) is 16.2 Å². The number of nitrogens with one attached hydrogen (secondary N) is 5. The Morgan fingerprint density at radius 1 is 0.281 bits per heavy atom. The molecule has 0 aliphatic carbocycles. The van der Waals surface area contributed by atoms with Crippen molar-refractivity contribution in [2.45, 2.75) is 250 Å². The van der Waals surface area contributed by atoms with Crippen molar-refractivity contribution in [1.29, 1.82) is 27.0 Å². The summed E-state index contributed by atoms with van der Waals surface area (Å²) in [7, 11) is 0. The summed E-state index contributed by atoms with van der Waals surface area (Å²) in [6.45, 7) is 19.4. The highest BCUT2D eigenvalue weighted by molar-refractivity contribution is 7.99. The van der Waals surface area contributed by atoms with Crippen LogP contribution in [0.25, 0.3) is 10.6 Å². The van der Waals surface area contributed by atoms with E-state index in [1.54, 1.807) is 103 Å². The molecule has 1 aromatic carbocycles. The highest BCUT2D eigenvalue weighted by Gasteiger charge is 2.15. The number of unbranched alkanes of at least 4 members (excludes halogenated alkanes) is 5. The molecule has 5 N–H and O–H groups in total. The number of hydrogen-bond donors (Lipinski definition) is 5. The molecule has 135 heavy (non-hydrogen) atoms. The Labute approximate surface area is 809 Å². The van der Waals surface area contributed by atoms with Crippen LogP contribution in [-0.4, -0.2) is 197 Å². The topological polar surface area (TPSA) is 647 Å². The summed E-state index contributed by atoms with van der Waals surface area (Å²) in [5.74, 6) is 13.6. The van der Waals surface area contributed by atoms with E-state index < -0.39 is 0 Å². The van der Waals surface area contributed by atoms with Crippen LogP contribution in [0.15, 0.2) is 65.7 Å². The fourth-order valence-corrected chi connectivity index (χ4v) is 17.7. The molecule has 0 aliphatic rings. The van der Waals surface area contributed by atoms with E-state index in [4.69, 9.17) is 86.2 Å². The molecule has 0 fully saturated rings. The predicted molar refractivity (Wildman–Crippen MR) is 502 cm³/mol. The number of carbonyl (C=O) groups excluding carboxylic acids is 2.